The number of rotatable bonds is 1. The Kier molecular flexibility index (Phi) is 1.72. The standard InChI is InChI=1S/C15H14O5/c1-18-10-4-8-7-2-3-9(14(5-19-14)12(7)16)11(8)15(6-20-15)13(10)17/h2-4,7-9,11H,5-6H2,1H3/t7?,8?,9?,11?,14-,15-/m0/s1. The molecule has 6 rings (SSSR count). The van der Waals surface area contributed by atoms with E-state index in [9.17, 15) is 9.59 Å². The van der Waals surface area contributed by atoms with Gasteiger partial charge in [-0.3, -0.25) is 9.59 Å². The van der Waals surface area contributed by atoms with E-state index in [2.05, 4.69) is 6.08 Å². The van der Waals surface area contributed by atoms with E-state index in [0.717, 1.165) is 0 Å². The average Bonchev–Trinajstić information content (AvgIpc) is 3.35. The van der Waals surface area contributed by atoms with E-state index < -0.39 is 11.2 Å². The van der Waals surface area contributed by atoms with Crippen LogP contribution in [0.1, 0.15) is 0 Å². The van der Waals surface area contributed by atoms with Crippen LogP contribution in [0.15, 0.2) is 24.0 Å². The summed E-state index contributed by atoms with van der Waals surface area (Å²) in [5.74, 6) is 0.140. The van der Waals surface area contributed by atoms with Gasteiger partial charge in [0.2, 0.25) is 5.78 Å². The summed E-state index contributed by atoms with van der Waals surface area (Å²) >= 11 is 0. The number of ether oxygens (including phenoxy) is 3. The summed E-state index contributed by atoms with van der Waals surface area (Å²) in [6.07, 6.45) is 5.85. The van der Waals surface area contributed by atoms with Gasteiger partial charge in [-0.05, 0) is 6.08 Å². The van der Waals surface area contributed by atoms with Gasteiger partial charge in [0, 0.05) is 23.7 Å². The Labute approximate surface area is 115 Å². The SMILES string of the molecule is COC1=CC2C3C=CC(C2[C@@]2(CO2)C1=O)[C@@]1(CO1)C3=O. The second kappa shape index (κ2) is 3.07. The number of ketones is 2. The molecule has 0 aromatic carbocycles. The van der Waals surface area contributed by atoms with Crippen LogP contribution < -0.4 is 0 Å². The molecule has 4 aliphatic carbocycles. The van der Waals surface area contributed by atoms with Gasteiger partial charge in [0.25, 0.3) is 0 Å². The van der Waals surface area contributed by atoms with Crippen LogP contribution in [0.5, 0.6) is 0 Å². The summed E-state index contributed by atoms with van der Waals surface area (Å²) < 4.78 is 16.3. The second-order valence-electron chi connectivity index (χ2n) is 6.32. The van der Waals surface area contributed by atoms with Crippen molar-refractivity contribution in [3.8, 4) is 0 Å². The highest BCUT2D eigenvalue weighted by Gasteiger charge is 2.76. The number of carbonyl (C=O) groups excluding carboxylic acids is 2. The van der Waals surface area contributed by atoms with Crippen LogP contribution in [-0.4, -0.2) is 43.1 Å². The molecule has 6 aliphatic rings. The molecule has 1 saturated carbocycles. The van der Waals surface area contributed by atoms with E-state index in [-0.39, 0.29) is 35.2 Å². The van der Waals surface area contributed by atoms with Crippen molar-refractivity contribution in [3.63, 3.8) is 0 Å². The molecule has 0 radical (unpaired) electrons. The number of methoxy groups -OCH3 is 1. The van der Waals surface area contributed by atoms with Crippen LogP contribution in [0.3, 0.4) is 0 Å². The zero-order valence-corrected chi connectivity index (χ0v) is 11.0. The van der Waals surface area contributed by atoms with Crippen molar-refractivity contribution < 1.29 is 23.8 Å². The zero-order chi connectivity index (χ0) is 13.7. The fraction of sp³-hybridized carbons (Fsp3) is 0.600. The van der Waals surface area contributed by atoms with Crippen molar-refractivity contribution in [1.29, 1.82) is 0 Å². The molecule has 0 N–H and O–H groups in total. The first-order chi connectivity index (χ1) is 9.64. The first-order valence-electron chi connectivity index (χ1n) is 6.95. The lowest BCUT2D eigenvalue weighted by Gasteiger charge is -2.49. The normalized spacial score (nSPS) is 54.1. The molecule has 2 bridgehead atoms. The number of carbonyl (C=O) groups is 2. The Balaban J connectivity index is 1.70. The maximum Gasteiger partial charge on any atom is 0.231 e. The Hall–Kier alpha value is -1.46. The predicted octanol–water partition coefficient (Wildman–Crippen LogP) is 0.255. The Morgan fingerprint density at radius 1 is 1.20 bits per heavy atom. The molecule has 3 fully saturated rings. The van der Waals surface area contributed by atoms with Crippen molar-refractivity contribution in [2.24, 2.45) is 23.7 Å². The van der Waals surface area contributed by atoms with Crippen molar-refractivity contribution in [3.05, 3.63) is 24.0 Å². The molecular formula is C15H14O5. The lowest BCUT2D eigenvalue weighted by Crippen LogP contribution is -2.61. The van der Waals surface area contributed by atoms with Gasteiger partial charge >= 0.3 is 0 Å². The number of epoxide rings is 2. The first-order valence-corrected chi connectivity index (χ1v) is 6.95. The van der Waals surface area contributed by atoms with E-state index >= 15 is 0 Å². The van der Waals surface area contributed by atoms with Gasteiger partial charge in [0.05, 0.1) is 20.3 Å². The van der Waals surface area contributed by atoms with Gasteiger partial charge < -0.3 is 14.2 Å². The van der Waals surface area contributed by atoms with Gasteiger partial charge in [-0.2, -0.15) is 0 Å². The molecule has 2 saturated heterocycles. The molecule has 104 valence electrons. The highest BCUT2D eigenvalue weighted by Crippen LogP contribution is 2.63. The monoisotopic (exact) mass is 274 g/mol. The van der Waals surface area contributed by atoms with Crippen LogP contribution in [-0.2, 0) is 23.8 Å². The van der Waals surface area contributed by atoms with E-state index in [1.807, 2.05) is 12.2 Å². The lowest BCUT2D eigenvalue weighted by atomic mass is 9.51. The minimum absolute atomic E-state index is 0.00380. The van der Waals surface area contributed by atoms with E-state index in [1.54, 1.807) is 0 Å². The summed E-state index contributed by atoms with van der Waals surface area (Å²) in [5, 5.41) is 0. The molecule has 5 heteroatoms. The molecule has 0 amide bonds. The van der Waals surface area contributed by atoms with Crippen molar-refractivity contribution in [2.45, 2.75) is 11.2 Å². The maximum atomic E-state index is 12.6. The summed E-state index contributed by atoms with van der Waals surface area (Å²) in [6.45, 7) is 0.903. The van der Waals surface area contributed by atoms with Gasteiger partial charge in [0.15, 0.2) is 22.7 Å². The molecule has 6 atom stereocenters. The molecular weight excluding hydrogens is 260 g/mol. The molecule has 0 aromatic rings. The van der Waals surface area contributed by atoms with Crippen LogP contribution in [0.4, 0.5) is 0 Å². The summed E-state index contributed by atoms with van der Waals surface area (Å²) in [6, 6.07) is 0. The van der Waals surface area contributed by atoms with Gasteiger partial charge in [-0.15, -0.1) is 0 Å². The molecule has 2 spiro atoms. The predicted molar refractivity (Wildman–Crippen MR) is 65.6 cm³/mol. The highest BCUT2D eigenvalue weighted by molar-refractivity contribution is 6.05. The topological polar surface area (TPSA) is 68.4 Å². The minimum atomic E-state index is -0.780. The Bertz CT molecular complexity index is 608. The van der Waals surface area contributed by atoms with Crippen LogP contribution in [0, 0.1) is 23.7 Å². The highest BCUT2D eigenvalue weighted by atomic mass is 16.6. The quantitative estimate of drug-likeness (QED) is 0.506. The third kappa shape index (κ3) is 0.989. The molecule has 2 aliphatic heterocycles. The van der Waals surface area contributed by atoms with Crippen molar-refractivity contribution >= 4 is 11.6 Å². The molecule has 0 aromatic heterocycles. The van der Waals surface area contributed by atoms with E-state index in [0.29, 0.717) is 19.0 Å². The van der Waals surface area contributed by atoms with Crippen molar-refractivity contribution in [2.75, 3.05) is 20.3 Å². The van der Waals surface area contributed by atoms with Crippen molar-refractivity contribution in [1.82, 2.24) is 0 Å². The third-order valence-electron chi connectivity index (χ3n) is 5.62. The molecule has 4 unspecified atom stereocenters. The molecule has 2 heterocycles. The van der Waals surface area contributed by atoms with Crippen LogP contribution in [0.25, 0.3) is 0 Å². The summed E-state index contributed by atoms with van der Waals surface area (Å²) in [4.78, 5) is 25.1. The van der Waals surface area contributed by atoms with Gasteiger partial charge in [0.1, 0.15) is 0 Å². The second-order valence-corrected chi connectivity index (χ2v) is 6.32. The minimum Gasteiger partial charge on any atom is -0.493 e. The Morgan fingerprint density at radius 2 is 1.90 bits per heavy atom. The fourth-order valence-electron chi connectivity index (χ4n) is 4.50. The van der Waals surface area contributed by atoms with E-state index in [1.165, 1.54) is 7.11 Å². The zero-order valence-electron chi connectivity index (χ0n) is 11.0. The summed E-state index contributed by atoms with van der Waals surface area (Å²) in [5.41, 5.74) is -1.45. The number of Topliss-reactive ketones (excluding diaryl/α,β-unsaturated/α-hetero) is 2. The molecule has 5 nitrogen and oxygen atoms in total. The van der Waals surface area contributed by atoms with Crippen LogP contribution >= 0.6 is 0 Å². The smallest absolute Gasteiger partial charge is 0.231 e. The van der Waals surface area contributed by atoms with E-state index in [4.69, 9.17) is 14.2 Å². The van der Waals surface area contributed by atoms with Crippen LogP contribution in [0.2, 0.25) is 0 Å². The average molecular weight is 274 g/mol. The largest absolute Gasteiger partial charge is 0.493 e. The fourth-order valence-corrected chi connectivity index (χ4v) is 4.50. The first kappa shape index (κ1) is 11.2. The lowest BCUT2D eigenvalue weighted by molar-refractivity contribution is -0.144. The number of hydrogen-bond donors (Lipinski definition) is 0. The number of allylic oxidation sites excluding steroid dienone is 2. The third-order valence-corrected chi connectivity index (χ3v) is 5.62. The number of hydrogen-bond acceptors (Lipinski definition) is 5. The molecule has 20 heavy (non-hydrogen) atoms. The van der Waals surface area contributed by atoms with Gasteiger partial charge in [-0.25, -0.2) is 0 Å². The maximum absolute atomic E-state index is 12.6. The van der Waals surface area contributed by atoms with Gasteiger partial charge in [-0.1, -0.05) is 12.2 Å². The Morgan fingerprint density at radius 3 is 2.50 bits per heavy atom. The summed E-state index contributed by atoms with van der Waals surface area (Å²) in [7, 11) is 1.49.